The maximum Gasteiger partial charge on any atom is 0.245 e. The third-order valence-corrected chi connectivity index (χ3v) is 7.66. The molecule has 0 bridgehead atoms. The lowest BCUT2D eigenvalue weighted by atomic mass is 9.59. The molecule has 3 N–H and O–H groups in total. The van der Waals surface area contributed by atoms with E-state index in [1.54, 1.807) is 23.1 Å². The van der Waals surface area contributed by atoms with Gasteiger partial charge in [0, 0.05) is 17.5 Å². The summed E-state index contributed by atoms with van der Waals surface area (Å²) in [4.78, 5) is 41.5. The van der Waals surface area contributed by atoms with E-state index >= 15 is 0 Å². The number of aromatic hydroxyl groups is 1. The molecule has 2 saturated heterocycles. The first kappa shape index (κ1) is 23.1. The molecule has 4 rings (SSSR count). The Balaban J connectivity index is 1.83. The first-order chi connectivity index (χ1) is 15.5. The van der Waals surface area contributed by atoms with Crippen LogP contribution in [0.3, 0.4) is 0 Å². The Morgan fingerprint density at radius 2 is 2.03 bits per heavy atom. The van der Waals surface area contributed by atoms with Gasteiger partial charge in [0.05, 0.1) is 11.1 Å². The second-order valence-corrected chi connectivity index (χ2v) is 10.2. The van der Waals surface area contributed by atoms with E-state index in [2.05, 4.69) is 17.2 Å². The summed E-state index contributed by atoms with van der Waals surface area (Å²) >= 11 is 0. The Kier molecular flexibility index (Phi) is 5.63. The largest absolute Gasteiger partial charge is 0.508 e. The molecule has 176 valence electrons. The van der Waals surface area contributed by atoms with Gasteiger partial charge in [-0.05, 0) is 51.2 Å². The number of carbonyl (C=O) groups is 3. The molecule has 0 aliphatic carbocycles. The molecule has 3 atom stereocenters. The van der Waals surface area contributed by atoms with Gasteiger partial charge in [0.15, 0.2) is 0 Å². The van der Waals surface area contributed by atoms with Crippen molar-refractivity contribution in [3.05, 3.63) is 47.6 Å². The van der Waals surface area contributed by atoms with Crippen LogP contribution in [0.2, 0.25) is 0 Å². The quantitative estimate of drug-likeness (QED) is 0.579. The fraction of sp³-hybridized carbons (Fsp3) is 0.500. The molecular formula is C26H33N3O4. The molecule has 7 heteroatoms. The van der Waals surface area contributed by atoms with Crippen molar-refractivity contribution in [2.45, 2.75) is 70.9 Å². The van der Waals surface area contributed by atoms with Crippen molar-refractivity contribution in [3.8, 4) is 5.75 Å². The molecule has 2 fully saturated rings. The number of phenols is 1. The Labute approximate surface area is 194 Å². The highest BCUT2D eigenvalue weighted by Gasteiger charge is 2.59. The normalized spacial score (nSPS) is 26.4. The number of benzene rings is 1. The zero-order valence-electron chi connectivity index (χ0n) is 19.8. The summed E-state index contributed by atoms with van der Waals surface area (Å²) in [5.74, 6) is -0.434. The van der Waals surface area contributed by atoms with Crippen molar-refractivity contribution in [2.75, 3.05) is 11.9 Å². The first-order valence-corrected chi connectivity index (χ1v) is 11.6. The fourth-order valence-corrected chi connectivity index (χ4v) is 5.55. The van der Waals surface area contributed by atoms with Gasteiger partial charge in [-0.2, -0.15) is 0 Å². The third kappa shape index (κ3) is 3.45. The average Bonchev–Trinajstić information content (AvgIpc) is 3.35. The zero-order valence-corrected chi connectivity index (χ0v) is 19.8. The molecule has 0 aromatic heterocycles. The summed E-state index contributed by atoms with van der Waals surface area (Å²) in [5, 5.41) is 16.5. The minimum atomic E-state index is -1.14. The molecule has 0 spiro atoms. The summed E-state index contributed by atoms with van der Waals surface area (Å²) in [6, 6.07) is 2.15. The molecule has 3 aliphatic rings. The number of rotatable bonds is 6. The molecular weight excluding hydrogens is 418 g/mol. The highest BCUT2D eigenvalue weighted by molar-refractivity contribution is 6.09. The average molecular weight is 452 g/mol. The monoisotopic (exact) mass is 451 g/mol. The van der Waals surface area contributed by atoms with Crippen molar-refractivity contribution >= 4 is 23.4 Å². The molecule has 3 heterocycles. The molecule has 1 aromatic carbocycles. The number of anilines is 1. The number of allylic oxidation sites excluding steroid dienone is 3. The van der Waals surface area contributed by atoms with Crippen LogP contribution >= 0.6 is 0 Å². The van der Waals surface area contributed by atoms with Crippen LogP contribution in [0.1, 0.15) is 58.1 Å². The number of carbonyl (C=O) groups excluding carboxylic acids is 3. The van der Waals surface area contributed by atoms with E-state index in [-0.39, 0.29) is 29.9 Å². The van der Waals surface area contributed by atoms with Crippen LogP contribution in [0.25, 0.3) is 0 Å². The van der Waals surface area contributed by atoms with Crippen molar-refractivity contribution in [1.29, 1.82) is 0 Å². The lowest BCUT2D eigenvalue weighted by Crippen LogP contribution is -2.63. The summed E-state index contributed by atoms with van der Waals surface area (Å²) < 4.78 is 0. The maximum atomic E-state index is 13.8. The lowest BCUT2D eigenvalue weighted by Gasteiger charge is -2.44. The Morgan fingerprint density at radius 1 is 1.30 bits per heavy atom. The Bertz CT molecular complexity index is 1070. The lowest BCUT2D eigenvalue weighted by molar-refractivity contribution is -0.148. The predicted molar refractivity (Wildman–Crippen MR) is 127 cm³/mol. The molecule has 3 aliphatic heterocycles. The van der Waals surface area contributed by atoms with Crippen LogP contribution in [0.4, 0.5) is 5.69 Å². The zero-order chi connectivity index (χ0) is 24.1. The van der Waals surface area contributed by atoms with Crippen molar-refractivity contribution in [2.24, 2.45) is 5.41 Å². The molecule has 33 heavy (non-hydrogen) atoms. The number of nitrogens with zero attached hydrogens (tertiary/aromatic N) is 1. The minimum Gasteiger partial charge on any atom is -0.508 e. The van der Waals surface area contributed by atoms with Crippen LogP contribution in [0, 0.1) is 5.41 Å². The summed E-state index contributed by atoms with van der Waals surface area (Å²) in [6.45, 7) is 12.4. The molecule has 0 saturated carbocycles. The van der Waals surface area contributed by atoms with E-state index in [0.717, 1.165) is 17.6 Å². The number of fused-ring (bicyclic) bond motifs is 2. The number of amides is 3. The SMILES string of the molecule is C=CC(C)(C)[C@]1(C[C@@H]2NC(=O)[C@@H]3CCCN3C2=O)C(=O)Nc2c1ccc(O)c2CC=C(C)C. The summed E-state index contributed by atoms with van der Waals surface area (Å²) in [7, 11) is 0. The summed E-state index contributed by atoms with van der Waals surface area (Å²) in [6.07, 6.45) is 5.79. The highest BCUT2D eigenvalue weighted by atomic mass is 16.3. The topological polar surface area (TPSA) is 98.7 Å². The van der Waals surface area contributed by atoms with E-state index in [4.69, 9.17) is 0 Å². The van der Waals surface area contributed by atoms with E-state index in [0.29, 0.717) is 30.6 Å². The van der Waals surface area contributed by atoms with Crippen molar-refractivity contribution in [1.82, 2.24) is 10.2 Å². The predicted octanol–water partition coefficient (Wildman–Crippen LogP) is 3.18. The van der Waals surface area contributed by atoms with Gasteiger partial charge in [-0.15, -0.1) is 6.58 Å². The van der Waals surface area contributed by atoms with Gasteiger partial charge < -0.3 is 20.6 Å². The van der Waals surface area contributed by atoms with Crippen LogP contribution in [0.15, 0.2) is 36.4 Å². The van der Waals surface area contributed by atoms with Gasteiger partial charge in [0.2, 0.25) is 17.7 Å². The van der Waals surface area contributed by atoms with Gasteiger partial charge >= 0.3 is 0 Å². The number of phenolic OH excluding ortho intramolecular Hbond substituents is 1. The number of hydrogen-bond acceptors (Lipinski definition) is 4. The van der Waals surface area contributed by atoms with Crippen LogP contribution in [-0.2, 0) is 26.2 Å². The molecule has 0 radical (unpaired) electrons. The van der Waals surface area contributed by atoms with Gasteiger partial charge in [0.1, 0.15) is 17.8 Å². The van der Waals surface area contributed by atoms with Crippen LogP contribution < -0.4 is 10.6 Å². The van der Waals surface area contributed by atoms with Crippen LogP contribution in [0.5, 0.6) is 5.75 Å². The highest BCUT2D eigenvalue weighted by Crippen LogP contribution is 2.55. The van der Waals surface area contributed by atoms with Gasteiger partial charge in [-0.3, -0.25) is 14.4 Å². The number of hydrogen-bond donors (Lipinski definition) is 3. The van der Waals surface area contributed by atoms with Crippen molar-refractivity contribution in [3.63, 3.8) is 0 Å². The van der Waals surface area contributed by atoms with Gasteiger partial charge in [-0.25, -0.2) is 0 Å². The number of nitrogens with one attached hydrogen (secondary N) is 2. The van der Waals surface area contributed by atoms with Crippen molar-refractivity contribution < 1.29 is 19.5 Å². The molecule has 0 unspecified atom stereocenters. The van der Waals surface area contributed by atoms with Gasteiger partial charge in [0.25, 0.3) is 0 Å². The first-order valence-electron chi connectivity index (χ1n) is 11.6. The Hall–Kier alpha value is -3.09. The van der Waals surface area contributed by atoms with Crippen LogP contribution in [-0.4, -0.2) is 46.4 Å². The molecule has 7 nitrogen and oxygen atoms in total. The van der Waals surface area contributed by atoms with E-state index in [1.165, 1.54) is 0 Å². The molecule has 1 aromatic rings. The third-order valence-electron chi connectivity index (χ3n) is 7.66. The standard InChI is InChI=1S/C26H33N3O4/c1-6-25(4,5)26(14-18-23(32)29-13-7-8-19(29)22(31)27-18)17-11-12-20(30)16(10-9-15(2)3)21(17)28-24(26)33/h6,9,11-12,18-19,30H,1,7-8,10,13-14H2,2-5H3,(H,27,31)(H,28,33)/t18-,19-,26-/m0/s1. The summed E-state index contributed by atoms with van der Waals surface area (Å²) in [5.41, 5.74) is 1.17. The van der Waals surface area contributed by atoms with E-state index < -0.39 is 22.9 Å². The van der Waals surface area contributed by atoms with E-state index in [1.807, 2.05) is 33.8 Å². The fourth-order valence-electron chi connectivity index (χ4n) is 5.55. The second kappa shape index (κ2) is 8.04. The van der Waals surface area contributed by atoms with Gasteiger partial charge in [-0.1, -0.05) is 37.6 Å². The van der Waals surface area contributed by atoms with E-state index in [9.17, 15) is 19.5 Å². The Morgan fingerprint density at radius 3 is 2.70 bits per heavy atom. The smallest absolute Gasteiger partial charge is 0.245 e. The number of piperazine rings is 1. The second-order valence-electron chi connectivity index (χ2n) is 10.2. The maximum absolute atomic E-state index is 13.8. The molecule has 3 amide bonds. The minimum absolute atomic E-state index is 0.112.